The second-order valence-corrected chi connectivity index (χ2v) is 7.97. The van der Waals surface area contributed by atoms with Crippen molar-refractivity contribution < 1.29 is 5.11 Å². The van der Waals surface area contributed by atoms with E-state index in [2.05, 4.69) is 30.4 Å². The van der Waals surface area contributed by atoms with Crippen molar-refractivity contribution in [2.75, 3.05) is 5.32 Å². The number of hydrogen-bond acceptors (Lipinski definition) is 2. The molecule has 0 saturated carbocycles. The monoisotopic (exact) mass is 381 g/mol. The van der Waals surface area contributed by atoms with Crippen molar-refractivity contribution in [1.29, 1.82) is 0 Å². The van der Waals surface area contributed by atoms with E-state index < -0.39 is 0 Å². The van der Waals surface area contributed by atoms with Crippen LogP contribution in [0.4, 0.5) is 11.4 Å². The summed E-state index contributed by atoms with van der Waals surface area (Å²) in [5, 5.41) is 13.6. The van der Waals surface area contributed by atoms with E-state index in [9.17, 15) is 5.11 Å². The van der Waals surface area contributed by atoms with Gasteiger partial charge in [-0.05, 0) is 48.7 Å². The van der Waals surface area contributed by atoms with Crippen LogP contribution in [0.5, 0.6) is 5.75 Å². The summed E-state index contributed by atoms with van der Waals surface area (Å²) in [4.78, 5) is 0. The lowest BCUT2D eigenvalue weighted by atomic mass is 10.0. The molecule has 0 saturated heterocycles. The zero-order valence-electron chi connectivity index (χ0n) is 17.8. The van der Waals surface area contributed by atoms with Crippen molar-refractivity contribution in [2.45, 2.75) is 90.4 Å². The number of phenols is 1. The molecule has 0 atom stereocenters. The summed E-state index contributed by atoms with van der Waals surface area (Å²) in [6.07, 6.45) is 17.3. The molecule has 2 rings (SSSR count). The van der Waals surface area contributed by atoms with Gasteiger partial charge in [0.05, 0.1) is 0 Å². The molecule has 0 amide bonds. The molecular formula is C26H39NO. The third-order valence-corrected chi connectivity index (χ3v) is 5.44. The van der Waals surface area contributed by atoms with Crippen LogP contribution >= 0.6 is 0 Å². The molecule has 2 aromatic carbocycles. The Bertz CT molecular complexity index is 638. The predicted molar refractivity (Wildman–Crippen MR) is 123 cm³/mol. The number of aromatic hydroxyl groups is 1. The molecule has 2 heteroatoms. The topological polar surface area (TPSA) is 32.3 Å². The first kappa shape index (κ1) is 22.3. The second-order valence-electron chi connectivity index (χ2n) is 7.97. The fraction of sp³-hybridized carbons (Fsp3) is 0.538. The Kier molecular flexibility index (Phi) is 11.2. The first-order valence-electron chi connectivity index (χ1n) is 11.4. The summed E-state index contributed by atoms with van der Waals surface area (Å²) in [6.45, 7) is 2.28. The highest BCUT2D eigenvalue weighted by molar-refractivity contribution is 5.61. The molecular weight excluding hydrogens is 342 g/mol. The van der Waals surface area contributed by atoms with E-state index in [-0.39, 0.29) is 0 Å². The predicted octanol–water partition coefficient (Wildman–Crippen LogP) is 8.38. The summed E-state index contributed by atoms with van der Waals surface area (Å²) in [7, 11) is 0. The Balaban J connectivity index is 1.57. The highest BCUT2D eigenvalue weighted by Gasteiger charge is 2.04. The van der Waals surface area contributed by atoms with Crippen LogP contribution in [0.25, 0.3) is 0 Å². The molecule has 0 fully saturated rings. The molecule has 0 bridgehead atoms. The number of phenolic OH excluding ortho intramolecular Hbond substituents is 1. The van der Waals surface area contributed by atoms with Crippen LogP contribution in [0.15, 0.2) is 48.5 Å². The quantitative estimate of drug-likeness (QED) is 0.240. The van der Waals surface area contributed by atoms with Crippen molar-refractivity contribution in [3.63, 3.8) is 0 Å². The molecule has 2 aromatic rings. The van der Waals surface area contributed by atoms with E-state index in [1.54, 1.807) is 6.07 Å². The lowest BCUT2D eigenvalue weighted by molar-refractivity contribution is 0.466. The minimum Gasteiger partial charge on any atom is -0.508 e. The van der Waals surface area contributed by atoms with E-state index in [4.69, 9.17) is 0 Å². The highest BCUT2D eigenvalue weighted by atomic mass is 16.3. The molecule has 0 aliphatic carbocycles. The van der Waals surface area contributed by atoms with Crippen molar-refractivity contribution in [3.8, 4) is 5.75 Å². The molecule has 0 aliphatic heterocycles. The van der Waals surface area contributed by atoms with Gasteiger partial charge < -0.3 is 10.4 Å². The Hall–Kier alpha value is -1.96. The van der Waals surface area contributed by atoms with Crippen molar-refractivity contribution in [1.82, 2.24) is 0 Å². The average Bonchev–Trinajstić information content (AvgIpc) is 2.72. The Morgan fingerprint density at radius 3 is 1.82 bits per heavy atom. The van der Waals surface area contributed by atoms with Crippen LogP contribution in [-0.2, 0) is 6.42 Å². The van der Waals surface area contributed by atoms with Gasteiger partial charge in [-0.15, -0.1) is 0 Å². The zero-order valence-corrected chi connectivity index (χ0v) is 17.8. The van der Waals surface area contributed by atoms with Gasteiger partial charge in [-0.2, -0.15) is 0 Å². The summed E-state index contributed by atoms with van der Waals surface area (Å²) < 4.78 is 0. The highest BCUT2D eigenvalue weighted by Crippen LogP contribution is 2.26. The number of para-hydroxylation sites is 1. The van der Waals surface area contributed by atoms with Crippen molar-refractivity contribution >= 4 is 11.4 Å². The van der Waals surface area contributed by atoms with Gasteiger partial charge in [0.15, 0.2) is 0 Å². The number of rotatable bonds is 15. The lowest BCUT2D eigenvalue weighted by Crippen LogP contribution is -1.93. The van der Waals surface area contributed by atoms with E-state index in [1.807, 2.05) is 24.3 Å². The minimum atomic E-state index is 0.418. The first-order valence-corrected chi connectivity index (χ1v) is 11.4. The number of benzene rings is 2. The summed E-state index contributed by atoms with van der Waals surface area (Å²) in [6, 6.07) is 16.0. The van der Waals surface area contributed by atoms with E-state index in [0.29, 0.717) is 5.75 Å². The van der Waals surface area contributed by atoms with E-state index in [1.165, 1.54) is 70.6 Å². The molecule has 0 aromatic heterocycles. The molecule has 2 N–H and O–H groups in total. The Morgan fingerprint density at radius 2 is 1.21 bits per heavy atom. The molecule has 154 valence electrons. The van der Waals surface area contributed by atoms with Crippen molar-refractivity contribution in [3.05, 3.63) is 54.1 Å². The lowest BCUT2D eigenvalue weighted by Gasteiger charge is -2.10. The Morgan fingerprint density at radius 1 is 0.643 bits per heavy atom. The fourth-order valence-electron chi connectivity index (χ4n) is 3.71. The van der Waals surface area contributed by atoms with Crippen LogP contribution in [-0.4, -0.2) is 5.11 Å². The summed E-state index contributed by atoms with van der Waals surface area (Å²) in [5.41, 5.74) is 3.16. The summed E-state index contributed by atoms with van der Waals surface area (Å²) >= 11 is 0. The third-order valence-electron chi connectivity index (χ3n) is 5.44. The first-order chi connectivity index (χ1) is 13.8. The molecule has 0 unspecified atom stereocenters. The number of anilines is 2. The maximum Gasteiger partial charge on any atom is 0.118 e. The van der Waals surface area contributed by atoms with Crippen LogP contribution in [0.3, 0.4) is 0 Å². The molecule has 0 radical (unpaired) electrons. The normalized spacial score (nSPS) is 10.9. The van der Waals surface area contributed by atoms with Crippen molar-refractivity contribution in [2.24, 2.45) is 0 Å². The minimum absolute atomic E-state index is 0.418. The van der Waals surface area contributed by atoms with Crippen LogP contribution in [0, 0.1) is 0 Å². The van der Waals surface area contributed by atoms with Gasteiger partial charge >= 0.3 is 0 Å². The van der Waals surface area contributed by atoms with Crippen LogP contribution < -0.4 is 5.32 Å². The van der Waals surface area contributed by atoms with Gasteiger partial charge in [0.2, 0.25) is 0 Å². The largest absolute Gasteiger partial charge is 0.508 e. The zero-order chi connectivity index (χ0) is 19.9. The molecule has 0 aliphatic rings. The smallest absolute Gasteiger partial charge is 0.118 e. The van der Waals surface area contributed by atoms with E-state index in [0.717, 1.165) is 29.8 Å². The fourth-order valence-corrected chi connectivity index (χ4v) is 3.71. The molecule has 28 heavy (non-hydrogen) atoms. The number of nitrogens with one attached hydrogen (secondary N) is 1. The SMILES string of the molecule is CCCCCCCCCCCCCCc1cc(Nc2ccccc2)ccc1O. The van der Waals surface area contributed by atoms with Gasteiger partial charge in [-0.25, -0.2) is 0 Å². The Labute approximate surface area is 172 Å². The third kappa shape index (κ3) is 9.30. The van der Waals surface area contributed by atoms with Gasteiger partial charge in [0.1, 0.15) is 5.75 Å². The van der Waals surface area contributed by atoms with Gasteiger partial charge in [0, 0.05) is 11.4 Å². The molecule has 0 heterocycles. The standard InChI is InChI=1S/C26H39NO/c1-2-3-4-5-6-7-8-9-10-11-12-14-17-23-22-25(20-21-26(23)28)27-24-18-15-13-16-19-24/h13,15-16,18-22,27-28H,2-12,14,17H2,1H3. The van der Waals surface area contributed by atoms with Crippen LogP contribution in [0.2, 0.25) is 0 Å². The molecule has 0 spiro atoms. The maximum atomic E-state index is 10.2. The second kappa shape index (κ2) is 14.1. The number of unbranched alkanes of at least 4 members (excludes halogenated alkanes) is 11. The summed E-state index contributed by atoms with van der Waals surface area (Å²) in [5.74, 6) is 0.418. The maximum absolute atomic E-state index is 10.2. The molecule has 2 nitrogen and oxygen atoms in total. The van der Waals surface area contributed by atoms with Crippen LogP contribution in [0.1, 0.15) is 89.5 Å². The number of aryl methyl sites for hydroxylation is 1. The number of hydrogen-bond donors (Lipinski definition) is 2. The average molecular weight is 382 g/mol. The van der Waals surface area contributed by atoms with E-state index >= 15 is 0 Å². The van der Waals surface area contributed by atoms with Gasteiger partial charge in [-0.3, -0.25) is 0 Å². The van der Waals surface area contributed by atoms with Gasteiger partial charge in [-0.1, -0.05) is 95.8 Å². The van der Waals surface area contributed by atoms with Gasteiger partial charge in [0.25, 0.3) is 0 Å².